The van der Waals surface area contributed by atoms with Gasteiger partial charge in [-0.25, -0.2) is 9.78 Å². The van der Waals surface area contributed by atoms with Gasteiger partial charge in [-0.2, -0.15) is 13.2 Å². The number of halogens is 3. The fraction of sp³-hybridized carbons (Fsp3) is 0.533. The van der Waals surface area contributed by atoms with E-state index in [4.69, 9.17) is 0 Å². The molecule has 28 heavy (non-hydrogen) atoms. The van der Waals surface area contributed by atoms with Crippen LogP contribution in [-0.4, -0.2) is 49.9 Å². The molecule has 0 aliphatic carbocycles. The maximum atomic E-state index is 12.3. The van der Waals surface area contributed by atoms with Gasteiger partial charge in [-0.1, -0.05) is 0 Å². The van der Waals surface area contributed by atoms with E-state index in [0.29, 0.717) is 0 Å². The number of hydrogen-bond donors (Lipinski definition) is 1. The summed E-state index contributed by atoms with van der Waals surface area (Å²) in [6.45, 7) is -2.11. The first kappa shape index (κ1) is 21.2. The predicted molar refractivity (Wildman–Crippen MR) is 89.5 cm³/mol. The van der Waals surface area contributed by atoms with Gasteiger partial charge >= 0.3 is 17.8 Å². The van der Waals surface area contributed by atoms with Crippen molar-refractivity contribution >= 4 is 23.0 Å². The lowest BCUT2D eigenvalue weighted by molar-refractivity contribution is -0.151. The zero-order valence-corrected chi connectivity index (χ0v) is 15.1. The third-order valence-electron chi connectivity index (χ3n) is 3.85. The Balaban J connectivity index is 1.89. The van der Waals surface area contributed by atoms with Crippen LogP contribution in [0.1, 0.15) is 12.8 Å². The number of carbonyl (C=O) groups excluding carboxylic acids is 2. The topological polar surface area (TPSA) is 117 Å². The highest BCUT2D eigenvalue weighted by Crippen LogP contribution is 2.12. The molecule has 2 rings (SSSR count). The second-order valence-electron chi connectivity index (χ2n) is 5.97. The number of aryl methyl sites for hydroxylation is 2. The Kier molecular flexibility index (Phi) is 6.26. The zero-order valence-electron chi connectivity index (χ0n) is 15.1. The normalized spacial score (nSPS) is 11.6. The van der Waals surface area contributed by atoms with Gasteiger partial charge in [0.1, 0.15) is 6.54 Å². The smallest absolute Gasteiger partial charge is 0.405 e. The summed E-state index contributed by atoms with van der Waals surface area (Å²) in [4.78, 5) is 50.9. The molecular formula is C15H18F3N5O5. The van der Waals surface area contributed by atoms with E-state index in [1.807, 2.05) is 0 Å². The molecule has 2 aromatic heterocycles. The van der Waals surface area contributed by atoms with Gasteiger partial charge in [0.15, 0.2) is 17.8 Å². The van der Waals surface area contributed by atoms with E-state index in [1.54, 1.807) is 5.32 Å². The summed E-state index contributed by atoms with van der Waals surface area (Å²) in [6, 6.07) is 0. The van der Waals surface area contributed by atoms with Crippen molar-refractivity contribution in [1.29, 1.82) is 0 Å². The lowest BCUT2D eigenvalue weighted by Crippen LogP contribution is -2.37. The second-order valence-corrected chi connectivity index (χ2v) is 5.97. The van der Waals surface area contributed by atoms with Crippen LogP contribution in [0.3, 0.4) is 0 Å². The summed E-state index contributed by atoms with van der Waals surface area (Å²) in [6.07, 6.45) is -3.09. The molecule has 0 saturated carbocycles. The molecule has 0 aliphatic heterocycles. The van der Waals surface area contributed by atoms with Crippen molar-refractivity contribution < 1.29 is 27.5 Å². The van der Waals surface area contributed by atoms with Gasteiger partial charge in [0, 0.05) is 27.1 Å². The lowest BCUT2D eigenvalue weighted by atomic mass is 10.3. The van der Waals surface area contributed by atoms with Crippen molar-refractivity contribution in [3.8, 4) is 0 Å². The van der Waals surface area contributed by atoms with Crippen LogP contribution >= 0.6 is 0 Å². The number of rotatable bonds is 7. The summed E-state index contributed by atoms with van der Waals surface area (Å²) < 4.78 is 44.1. The minimum absolute atomic E-state index is 0.127. The minimum Gasteiger partial charge on any atom is -0.456 e. The van der Waals surface area contributed by atoms with Crippen LogP contribution in [-0.2, 0) is 35.0 Å². The zero-order chi connectivity index (χ0) is 21.1. The van der Waals surface area contributed by atoms with Crippen molar-refractivity contribution in [2.75, 3.05) is 13.2 Å². The molecule has 0 aliphatic rings. The Morgan fingerprint density at radius 3 is 2.54 bits per heavy atom. The van der Waals surface area contributed by atoms with Gasteiger partial charge in [-0.3, -0.25) is 23.5 Å². The fourth-order valence-corrected chi connectivity index (χ4v) is 2.43. The molecule has 0 fully saturated rings. The highest BCUT2D eigenvalue weighted by molar-refractivity contribution is 5.80. The van der Waals surface area contributed by atoms with Crippen LogP contribution in [0, 0.1) is 0 Å². The SMILES string of the molecule is Cn1c(=O)c2c(ncn2CCCC(=O)OCC(=O)NCC(F)(F)F)n(C)c1=O. The van der Waals surface area contributed by atoms with Gasteiger partial charge in [0.05, 0.1) is 6.33 Å². The van der Waals surface area contributed by atoms with Crippen LogP contribution in [0.25, 0.3) is 11.2 Å². The van der Waals surface area contributed by atoms with Crippen molar-refractivity contribution in [2.45, 2.75) is 25.6 Å². The summed E-state index contributed by atoms with van der Waals surface area (Å²) >= 11 is 0. The molecule has 0 aromatic carbocycles. The van der Waals surface area contributed by atoms with Crippen molar-refractivity contribution in [1.82, 2.24) is 24.0 Å². The first-order valence-electron chi connectivity index (χ1n) is 8.11. The number of fused-ring (bicyclic) bond motifs is 1. The molecule has 0 atom stereocenters. The number of nitrogens with one attached hydrogen (secondary N) is 1. The number of ether oxygens (including phenoxy) is 1. The van der Waals surface area contributed by atoms with Crippen LogP contribution < -0.4 is 16.6 Å². The molecule has 0 unspecified atom stereocenters. The standard InChI is InChI=1S/C15H18F3N5O5/c1-21-12-11(13(26)22(2)14(21)27)23(8-20-12)5-3-4-10(25)28-6-9(24)19-7-15(16,17)18/h8H,3-7H2,1-2H3,(H,19,24). The number of carbonyl (C=O) groups is 2. The van der Waals surface area contributed by atoms with Gasteiger partial charge in [0.2, 0.25) is 0 Å². The summed E-state index contributed by atoms with van der Waals surface area (Å²) in [5.41, 5.74) is -0.642. The largest absolute Gasteiger partial charge is 0.456 e. The van der Waals surface area contributed by atoms with E-state index in [9.17, 15) is 32.3 Å². The maximum absolute atomic E-state index is 12.3. The molecule has 0 radical (unpaired) electrons. The lowest BCUT2D eigenvalue weighted by Gasteiger charge is -2.09. The average molecular weight is 405 g/mol. The molecule has 154 valence electrons. The Morgan fingerprint density at radius 2 is 1.89 bits per heavy atom. The fourth-order valence-electron chi connectivity index (χ4n) is 2.43. The Bertz CT molecular complexity index is 1000. The Hall–Kier alpha value is -3.12. The van der Waals surface area contributed by atoms with E-state index < -0.39 is 42.5 Å². The molecular weight excluding hydrogens is 387 g/mol. The molecule has 1 N–H and O–H groups in total. The third kappa shape index (κ3) is 4.98. The molecule has 0 spiro atoms. The number of amides is 1. The number of hydrogen-bond acceptors (Lipinski definition) is 6. The number of nitrogens with zero attached hydrogens (tertiary/aromatic N) is 4. The number of aromatic nitrogens is 4. The molecule has 10 nitrogen and oxygen atoms in total. The molecule has 0 saturated heterocycles. The van der Waals surface area contributed by atoms with Crippen LogP contribution in [0.2, 0.25) is 0 Å². The first-order valence-corrected chi connectivity index (χ1v) is 8.11. The number of alkyl halides is 3. The average Bonchev–Trinajstić information content (AvgIpc) is 3.04. The number of esters is 1. The van der Waals surface area contributed by atoms with Crippen LogP contribution in [0.5, 0.6) is 0 Å². The molecule has 1 amide bonds. The summed E-state index contributed by atoms with van der Waals surface area (Å²) in [5.74, 6) is -1.83. The van der Waals surface area contributed by atoms with Crippen molar-refractivity contribution in [3.63, 3.8) is 0 Å². The van der Waals surface area contributed by atoms with Gasteiger partial charge < -0.3 is 14.6 Å². The molecule has 2 aromatic rings. The maximum Gasteiger partial charge on any atom is 0.405 e. The van der Waals surface area contributed by atoms with Gasteiger partial charge in [-0.05, 0) is 6.42 Å². The Labute approximate surface area is 155 Å². The van der Waals surface area contributed by atoms with Gasteiger partial charge in [-0.15, -0.1) is 0 Å². The van der Waals surface area contributed by atoms with Crippen molar-refractivity contribution in [3.05, 3.63) is 27.2 Å². The van der Waals surface area contributed by atoms with Crippen molar-refractivity contribution in [2.24, 2.45) is 14.1 Å². The summed E-state index contributed by atoms with van der Waals surface area (Å²) in [7, 11) is 2.81. The Morgan fingerprint density at radius 1 is 1.21 bits per heavy atom. The van der Waals surface area contributed by atoms with Crippen LogP contribution in [0.15, 0.2) is 15.9 Å². The van der Waals surface area contributed by atoms with E-state index in [2.05, 4.69) is 9.72 Å². The second kappa shape index (κ2) is 8.27. The molecule has 13 heteroatoms. The minimum atomic E-state index is -4.55. The van der Waals surface area contributed by atoms with E-state index >= 15 is 0 Å². The highest BCUT2D eigenvalue weighted by atomic mass is 19.4. The number of imidazole rings is 1. The quantitative estimate of drug-likeness (QED) is 0.617. The summed E-state index contributed by atoms with van der Waals surface area (Å²) in [5, 5.41) is 1.58. The van der Waals surface area contributed by atoms with E-state index in [1.165, 1.54) is 29.6 Å². The predicted octanol–water partition coefficient (Wildman–Crippen LogP) is -0.564. The molecule has 2 heterocycles. The van der Waals surface area contributed by atoms with E-state index in [0.717, 1.165) is 4.57 Å². The molecule has 0 bridgehead atoms. The monoisotopic (exact) mass is 405 g/mol. The van der Waals surface area contributed by atoms with Gasteiger partial charge in [0.25, 0.3) is 11.5 Å². The first-order chi connectivity index (χ1) is 13.0. The van der Waals surface area contributed by atoms with E-state index in [-0.39, 0.29) is 30.6 Å². The van der Waals surface area contributed by atoms with Crippen LogP contribution in [0.4, 0.5) is 13.2 Å². The third-order valence-corrected chi connectivity index (χ3v) is 3.85. The highest BCUT2D eigenvalue weighted by Gasteiger charge is 2.27.